The average Bonchev–Trinajstić information content (AvgIpc) is 3.41. The summed E-state index contributed by atoms with van der Waals surface area (Å²) in [5.74, 6) is 0.491. The lowest BCUT2D eigenvalue weighted by atomic mass is 10.1. The smallest absolute Gasteiger partial charge is 0.298 e. The summed E-state index contributed by atoms with van der Waals surface area (Å²) in [7, 11) is 1.68. The molecule has 0 aliphatic carbocycles. The van der Waals surface area contributed by atoms with Crippen LogP contribution in [0.2, 0.25) is 0 Å². The fourth-order valence-corrected chi connectivity index (χ4v) is 4.27. The molecule has 1 saturated heterocycles. The van der Waals surface area contributed by atoms with Crippen LogP contribution in [-0.2, 0) is 6.54 Å². The number of hydrogen-bond donors (Lipinski definition) is 2. The molecule has 0 spiro atoms. The predicted molar refractivity (Wildman–Crippen MR) is 117 cm³/mol. The molecule has 2 N–H and O–H groups in total. The molecule has 0 bridgehead atoms. The van der Waals surface area contributed by atoms with E-state index in [9.17, 15) is 9.18 Å². The fraction of sp³-hybridized carbons (Fsp3) is 0.261. The number of nitrogens with zero attached hydrogens (tertiary/aromatic N) is 3. The van der Waals surface area contributed by atoms with Crippen molar-refractivity contribution in [3.8, 4) is 5.75 Å². The second kappa shape index (κ2) is 7.96. The van der Waals surface area contributed by atoms with Crippen LogP contribution in [-0.4, -0.2) is 41.1 Å². The van der Waals surface area contributed by atoms with Crippen LogP contribution in [0.4, 0.5) is 4.39 Å². The standard InChI is InChI=1S/C23H22FN5O2/c1-31-20-7-4-15(10-16(20)13-28-8-2-3-9-28)12-26-29-14-25-21-18-11-17(24)5-6-19(18)27-22(21)23(29)30/h4-7,10-12,14,27H,2-3,8-9,13H2,1H3/p+1/b26-12-. The Morgan fingerprint density at radius 3 is 2.90 bits per heavy atom. The van der Waals surface area contributed by atoms with Gasteiger partial charge < -0.3 is 14.6 Å². The molecule has 1 aliphatic rings. The van der Waals surface area contributed by atoms with Crippen molar-refractivity contribution in [3.05, 3.63) is 70.0 Å². The first kappa shape index (κ1) is 19.4. The van der Waals surface area contributed by atoms with Crippen LogP contribution in [0, 0.1) is 5.82 Å². The Bertz CT molecular complexity index is 1350. The van der Waals surface area contributed by atoms with Gasteiger partial charge in [0.05, 0.1) is 26.4 Å². The summed E-state index contributed by atoms with van der Waals surface area (Å²) >= 11 is 0. The van der Waals surface area contributed by atoms with Gasteiger partial charge in [0.15, 0.2) is 0 Å². The maximum atomic E-state index is 13.6. The highest BCUT2D eigenvalue weighted by Crippen LogP contribution is 2.22. The highest BCUT2D eigenvalue weighted by Gasteiger charge is 2.18. The molecule has 1 fully saturated rings. The molecule has 3 heterocycles. The van der Waals surface area contributed by atoms with Crippen molar-refractivity contribution in [1.29, 1.82) is 0 Å². The number of benzene rings is 2. The summed E-state index contributed by atoms with van der Waals surface area (Å²) in [5.41, 5.74) is 3.06. The van der Waals surface area contributed by atoms with Crippen molar-refractivity contribution in [2.75, 3.05) is 20.2 Å². The van der Waals surface area contributed by atoms with E-state index in [1.54, 1.807) is 24.3 Å². The van der Waals surface area contributed by atoms with Crippen LogP contribution in [0.15, 0.2) is 52.6 Å². The maximum absolute atomic E-state index is 13.6. The normalized spacial score (nSPS) is 14.9. The van der Waals surface area contributed by atoms with Crippen molar-refractivity contribution in [3.63, 3.8) is 0 Å². The Kier molecular flexibility index (Phi) is 4.99. The molecule has 2 aromatic heterocycles. The van der Waals surface area contributed by atoms with Gasteiger partial charge in [0.25, 0.3) is 5.56 Å². The number of hydrogen-bond acceptors (Lipinski definition) is 4. The number of halogens is 1. The lowest BCUT2D eigenvalue weighted by Crippen LogP contribution is -3.08. The zero-order valence-corrected chi connectivity index (χ0v) is 17.2. The SMILES string of the molecule is COc1ccc(/C=N\n2cnc3c([nH]c4ccc(F)cc43)c2=O)cc1C[NH+]1CCCC1. The summed E-state index contributed by atoms with van der Waals surface area (Å²) in [4.78, 5) is 21.8. The van der Waals surface area contributed by atoms with Crippen molar-refractivity contribution in [2.24, 2.45) is 5.10 Å². The number of H-pyrrole nitrogens is 1. The first-order chi connectivity index (χ1) is 15.1. The van der Waals surface area contributed by atoms with Crippen molar-refractivity contribution in [2.45, 2.75) is 19.4 Å². The van der Waals surface area contributed by atoms with Gasteiger partial charge in [0.2, 0.25) is 0 Å². The maximum Gasteiger partial charge on any atom is 0.298 e. The number of quaternary nitrogens is 1. The molecule has 31 heavy (non-hydrogen) atoms. The molecule has 0 saturated carbocycles. The number of aromatic amines is 1. The van der Waals surface area contributed by atoms with Gasteiger partial charge in [0.1, 0.15) is 35.5 Å². The average molecular weight is 420 g/mol. The Labute approximate surface area is 177 Å². The minimum atomic E-state index is -0.372. The largest absolute Gasteiger partial charge is 0.496 e. The third-order valence-electron chi connectivity index (χ3n) is 5.84. The summed E-state index contributed by atoms with van der Waals surface area (Å²) in [6, 6.07) is 10.2. The van der Waals surface area contributed by atoms with E-state index in [0.29, 0.717) is 21.9 Å². The van der Waals surface area contributed by atoms with E-state index in [0.717, 1.165) is 23.4 Å². The van der Waals surface area contributed by atoms with Crippen LogP contribution in [0.1, 0.15) is 24.0 Å². The van der Waals surface area contributed by atoms with Gasteiger partial charge in [-0.05, 0) is 42.0 Å². The molecule has 0 radical (unpaired) electrons. The Hall–Kier alpha value is -3.52. The third kappa shape index (κ3) is 3.70. The molecule has 8 heteroatoms. The molecular weight excluding hydrogens is 397 g/mol. The summed E-state index contributed by atoms with van der Waals surface area (Å²) in [5, 5.41) is 4.89. The van der Waals surface area contributed by atoms with Crippen LogP contribution in [0.25, 0.3) is 21.9 Å². The second-order valence-electron chi connectivity index (χ2n) is 7.88. The van der Waals surface area contributed by atoms with E-state index in [1.165, 1.54) is 49.1 Å². The lowest BCUT2D eigenvalue weighted by molar-refractivity contribution is -0.901. The van der Waals surface area contributed by atoms with Gasteiger partial charge in [-0.15, -0.1) is 0 Å². The van der Waals surface area contributed by atoms with Gasteiger partial charge in [-0.3, -0.25) is 4.79 Å². The quantitative estimate of drug-likeness (QED) is 0.486. The predicted octanol–water partition coefficient (Wildman–Crippen LogP) is 2.09. The van der Waals surface area contributed by atoms with Crippen LogP contribution >= 0.6 is 0 Å². The van der Waals surface area contributed by atoms with E-state index >= 15 is 0 Å². The van der Waals surface area contributed by atoms with E-state index in [-0.39, 0.29) is 11.4 Å². The topological polar surface area (TPSA) is 76.7 Å². The number of rotatable bonds is 5. The molecule has 4 aromatic rings. The number of nitrogens with one attached hydrogen (secondary N) is 2. The molecule has 7 nitrogen and oxygen atoms in total. The number of aromatic nitrogens is 3. The fourth-order valence-electron chi connectivity index (χ4n) is 4.27. The number of likely N-dealkylation sites (tertiary alicyclic amines) is 1. The monoisotopic (exact) mass is 420 g/mol. The highest BCUT2D eigenvalue weighted by molar-refractivity contribution is 6.04. The van der Waals surface area contributed by atoms with E-state index in [4.69, 9.17) is 4.74 Å². The molecule has 0 atom stereocenters. The van der Waals surface area contributed by atoms with Gasteiger partial charge in [0, 0.05) is 29.3 Å². The summed E-state index contributed by atoms with van der Waals surface area (Å²) < 4.78 is 20.3. The second-order valence-corrected chi connectivity index (χ2v) is 7.88. The molecule has 2 aromatic carbocycles. The lowest BCUT2D eigenvalue weighted by Gasteiger charge is -2.15. The Morgan fingerprint density at radius 2 is 2.10 bits per heavy atom. The highest BCUT2D eigenvalue weighted by atomic mass is 19.1. The minimum absolute atomic E-state index is 0.299. The van der Waals surface area contributed by atoms with Gasteiger partial charge >= 0.3 is 0 Å². The zero-order valence-electron chi connectivity index (χ0n) is 17.2. The Balaban J connectivity index is 1.47. The minimum Gasteiger partial charge on any atom is -0.496 e. The number of methoxy groups -OCH3 is 1. The van der Waals surface area contributed by atoms with Crippen LogP contribution < -0.4 is 15.2 Å². The first-order valence-corrected chi connectivity index (χ1v) is 10.4. The van der Waals surface area contributed by atoms with E-state index < -0.39 is 0 Å². The molecule has 0 unspecified atom stereocenters. The number of fused-ring (bicyclic) bond motifs is 3. The Morgan fingerprint density at radius 1 is 1.26 bits per heavy atom. The van der Waals surface area contributed by atoms with Crippen molar-refractivity contribution in [1.82, 2.24) is 14.6 Å². The third-order valence-corrected chi connectivity index (χ3v) is 5.84. The molecule has 158 valence electrons. The molecular formula is C23H23FN5O2+. The first-order valence-electron chi connectivity index (χ1n) is 10.4. The summed E-state index contributed by atoms with van der Waals surface area (Å²) in [6.07, 6.45) is 5.52. The van der Waals surface area contributed by atoms with Gasteiger partial charge in [-0.2, -0.15) is 9.78 Å². The van der Waals surface area contributed by atoms with Crippen LogP contribution in [0.3, 0.4) is 0 Å². The summed E-state index contributed by atoms with van der Waals surface area (Å²) in [6.45, 7) is 3.26. The molecule has 1 aliphatic heterocycles. The van der Waals surface area contributed by atoms with E-state index in [1.807, 2.05) is 12.1 Å². The number of ether oxygens (including phenoxy) is 1. The van der Waals surface area contributed by atoms with Crippen molar-refractivity contribution >= 4 is 28.2 Å². The molecule has 0 amide bonds. The van der Waals surface area contributed by atoms with E-state index in [2.05, 4.69) is 21.1 Å². The molecule has 5 rings (SSSR count). The zero-order chi connectivity index (χ0) is 21.4. The van der Waals surface area contributed by atoms with Gasteiger partial charge in [-0.1, -0.05) is 0 Å². The van der Waals surface area contributed by atoms with Gasteiger partial charge in [-0.25, -0.2) is 9.37 Å². The van der Waals surface area contributed by atoms with Crippen molar-refractivity contribution < 1.29 is 14.0 Å². The van der Waals surface area contributed by atoms with Crippen LogP contribution in [0.5, 0.6) is 5.75 Å².